The van der Waals surface area contributed by atoms with Crippen molar-refractivity contribution in [3.63, 3.8) is 0 Å². The first kappa shape index (κ1) is 29.0. The van der Waals surface area contributed by atoms with Gasteiger partial charge in [-0.2, -0.15) is 13.9 Å². The summed E-state index contributed by atoms with van der Waals surface area (Å²) in [4.78, 5) is 22.8. The predicted molar refractivity (Wildman–Crippen MR) is 157 cm³/mol. The Morgan fingerprint density at radius 1 is 1.23 bits per heavy atom. The second kappa shape index (κ2) is 11.3. The molecule has 2 unspecified atom stereocenters. The zero-order chi connectivity index (χ0) is 30.6. The molecular weight excluding hydrogens is 596 g/mol. The van der Waals surface area contributed by atoms with Gasteiger partial charge in [-0.05, 0) is 55.0 Å². The van der Waals surface area contributed by atoms with E-state index in [1.807, 2.05) is 0 Å². The lowest BCUT2D eigenvalue weighted by Crippen LogP contribution is -2.50. The van der Waals surface area contributed by atoms with Crippen LogP contribution in [0.5, 0.6) is 5.75 Å². The van der Waals surface area contributed by atoms with Gasteiger partial charge in [0.1, 0.15) is 6.23 Å². The summed E-state index contributed by atoms with van der Waals surface area (Å²) in [5.41, 5.74) is 9.25. The molecule has 3 aromatic heterocycles. The fraction of sp³-hybridized carbons (Fsp3) is 0.400. The van der Waals surface area contributed by atoms with Gasteiger partial charge in [0.2, 0.25) is 0 Å². The summed E-state index contributed by atoms with van der Waals surface area (Å²) in [6, 6.07) is 7.80. The number of nitrogens with zero attached hydrogens (tertiary/aromatic N) is 5. The molecule has 1 saturated heterocycles. The van der Waals surface area contributed by atoms with Crippen LogP contribution in [0, 0.1) is 5.92 Å². The van der Waals surface area contributed by atoms with Gasteiger partial charge in [-0.15, -0.1) is 0 Å². The Bertz CT molecular complexity index is 1720. The average molecular weight is 626 g/mol. The molecule has 230 valence electrons. The lowest BCUT2D eigenvalue weighted by Gasteiger charge is -2.33. The Hall–Kier alpha value is -3.75. The quantitative estimate of drug-likeness (QED) is 0.251. The molecule has 4 N–H and O–H groups in total. The monoisotopic (exact) mass is 625 g/mol. The van der Waals surface area contributed by atoms with Crippen LogP contribution in [0.3, 0.4) is 0 Å². The highest BCUT2D eigenvalue weighted by atomic mass is 35.5. The number of rotatable bonds is 8. The largest absolute Gasteiger partial charge is 0.482 e. The number of alkyl halides is 2. The summed E-state index contributed by atoms with van der Waals surface area (Å²) in [5.74, 6) is -1.30. The van der Waals surface area contributed by atoms with E-state index in [2.05, 4.69) is 15.4 Å². The van der Waals surface area contributed by atoms with Crippen molar-refractivity contribution in [1.82, 2.24) is 25.1 Å². The van der Waals surface area contributed by atoms with E-state index >= 15 is 0 Å². The van der Waals surface area contributed by atoms with Gasteiger partial charge in [-0.25, -0.2) is 9.67 Å². The van der Waals surface area contributed by atoms with E-state index in [0.717, 1.165) is 24.3 Å². The molecule has 7 rings (SSSR count). The van der Waals surface area contributed by atoms with Gasteiger partial charge in [0, 0.05) is 35.8 Å². The number of nitrogens with one attached hydrogen (secondary N) is 1. The molecule has 4 aromatic rings. The molecule has 2 aliphatic heterocycles. The number of aliphatic hydroxyl groups excluding tert-OH is 1. The third-order valence-electron chi connectivity index (χ3n) is 8.14. The number of amides is 1. The first-order valence-electron chi connectivity index (χ1n) is 14.5. The molecule has 14 heteroatoms. The van der Waals surface area contributed by atoms with Crippen LogP contribution >= 0.6 is 11.6 Å². The van der Waals surface area contributed by atoms with Gasteiger partial charge in [0.15, 0.2) is 11.4 Å². The number of pyridine rings is 2. The number of fused-ring (bicyclic) bond motifs is 2. The molecule has 1 aliphatic carbocycles. The van der Waals surface area contributed by atoms with Crippen LogP contribution in [0.2, 0.25) is 5.02 Å². The highest BCUT2D eigenvalue weighted by molar-refractivity contribution is 6.30. The Morgan fingerprint density at radius 3 is 2.77 bits per heavy atom. The number of benzene rings is 1. The molecule has 2 fully saturated rings. The molecule has 0 radical (unpaired) electrons. The van der Waals surface area contributed by atoms with Crippen LogP contribution in [0.4, 0.5) is 14.5 Å². The van der Waals surface area contributed by atoms with E-state index in [-0.39, 0.29) is 24.1 Å². The number of anilines is 1. The van der Waals surface area contributed by atoms with Gasteiger partial charge >= 0.3 is 12.0 Å². The number of aliphatic hydroxyl groups is 1. The van der Waals surface area contributed by atoms with Gasteiger partial charge in [-0.3, -0.25) is 14.7 Å². The Balaban J connectivity index is 1.35. The van der Waals surface area contributed by atoms with Crippen LogP contribution in [-0.4, -0.2) is 62.7 Å². The Morgan fingerprint density at radius 2 is 2.07 bits per heavy atom. The first-order valence-corrected chi connectivity index (χ1v) is 14.8. The predicted octanol–water partition coefficient (Wildman–Crippen LogP) is 3.56. The molecule has 1 amide bonds. The average Bonchev–Trinajstić information content (AvgIpc) is 3.74. The van der Waals surface area contributed by atoms with Crippen LogP contribution in [0.1, 0.15) is 36.0 Å². The minimum Gasteiger partial charge on any atom is -0.423 e. The van der Waals surface area contributed by atoms with E-state index < -0.39 is 18.2 Å². The SMILES string of the molecule is NC(O)c1c(CC2CC2)nc2c(cnn2CC2CNCCO2)c1-c1ccc2c(c1)OC(F)(F)C(=O)N2Cc1ccc(Cl)cn1. The summed E-state index contributed by atoms with van der Waals surface area (Å²) in [6.45, 7) is 2.27. The number of hydrogen-bond acceptors (Lipinski definition) is 9. The normalized spacial score (nSPS) is 20.4. The minimum atomic E-state index is -4.11. The summed E-state index contributed by atoms with van der Waals surface area (Å²) >= 11 is 5.92. The molecular formula is C30H30ClF2N7O4. The number of carbonyl (C=O) groups excluding carboxylic acids is 1. The highest BCUT2D eigenvalue weighted by Crippen LogP contribution is 2.45. The maximum Gasteiger partial charge on any atom is 0.482 e. The number of ether oxygens (including phenoxy) is 2. The van der Waals surface area contributed by atoms with Crippen molar-refractivity contribution in [2.75, 3.05) is 24.6 Å². The fourth-order valence-corrected chi connectivity index (χ4v) is 5.95. The van der Waals surface area contributed by atoms with Crippen LogP contribution in [0.25, 0.3) is 22.2 Å². The second-order valence-electron chi connectivity index (χ2n) is 11.4. The van der Waals surface area contributed by atoms with Crippen molar-refractivity contribution < 1.29 is 28.2 Å². The van der Waals surface area contributed by atoms with Gasteiger partial charge in [-0.1, -0.05) is 17.7 Å². The molecule has 0 spiro atoms. The van der Waals surface area contributed by atoms with Gasteiger partial charge in [0.05, 0.1) is 54.1 Å². The molecule has 1 saturated carbocycles. The number of halogens is 3. The Kier molecular flexibility index (Phi) is 7.45. The zero-order valence-electron chi connectivity index (χ0n) is 23.5. The first-order chi connectivity index (χ1) is 21.2. The standard InChI is InChI=1S/C30H30ClF2N7O4/c31-18-4-5-19(36-11-18)14-39-23-6-3-17(10-24(23)44-30(32,33)29(39)42)25-21-13-37-40(15-20-12-35-7-8-43-20)28(21)38-22(9-16-1-2-16)26(25)27(34)41/h3-6,10-11,13,16,20,27,35,41H,1-2,7-9,12,14-15,34H2. The summed E-state index contributed by atoms with van der Waals surface area (Å²) in [7, 11) is 0. The third kappa shape index (κ3) is 5.50. The third-order valence-corrected chi connectivity index (χ3v) is 8.36. The van der Waals surface area contributed by atoms with Crippen molar-refractivity contribution in [2.24, 2.45) is 11.7 Å². The van der Waals surface area contributed by atoms with Crippen molar-refractivity contribution in [3.8, 4) is 16.9 Å². The van der Waals surface area contributed by atoms with Crippen molar-refractivity contribution in [1.29, 1.82) is 0 Å². The molecule has 3 aliphatic rings. The smallest absolute Gasteiger partial charge is 0.423 e. The van der Waals surface area contributed by atoms with Gasteiger partial charge in [0.25, 0.3) is 0 Å². The molecule has 1 aromatic carbocycles. The lowest BCUT2D eigenvalue weighted by atomic mass is 9.93. The molecule has 5 heterocycles. The fourth-order valence-electron chi connectivity index (χ4n) is 5.84. The van der Waals surface area contributed by atoms with E-state index in [0.29, 0.717) is 76.2 Å². The van der Waals surface area contributed by atoms with E-state index in [9.17, 15) is 18.7 Å². The minimum absolute atomic E-state index is 0.109. The van der Waals surface area contributed by atoms with Crippen LogP contribution < -0.4 is 20.7 Å². The van der Waals surface area contributed by atoms with Crippen molar-refractivity contribution in [2.45, 2.75) is 50.8 Å². The molecule has 44 heavy (non-hydrogen) atoms. The lowest BCUT2D eigenvalue weighted by molar-refractivity contribution is -0.193. The number of morpholine rings is 1. The van der Waals surface area contributed by atoms with E-state index in [1.165, 1.54) is 12.3 Å². The second-order valence-corrected chi connectivity index (χ2v) is 11.8. The molecule has 2 atom stereocenters. The zero-order valence-corrected chi connectivity index (χ0v) is 24.3. The number of nitrogens with two attached hydrogens (primary N) is 1. The van der Waals surface area contributed by atoms with Crippen molar-refractivity contribution >= 4 is 34.2 Å². The van der Waals surface area contributed by atoms with Gasteiger partial charge < -0.3 is 25.6 Å². The highest BCUT2D eigenvalue weighted by Gasteiger charge is 2.50. The van der Waals surface area contributed by atoms with Crippen LogP contribution in [0.15, 0.2) is 42.7 Å². The Labute approximate surface area is 255 Å². The maximum absolute atomic E-state index is 15.0. The summed E-state index contributed by atoms with van der Waals surface area (Å²) < 4.78 is 42.6. The summed E-state index contributed by atoms with van der Waals surface area (Å²) in [5, 5.41) is 19.7. The summed E-state index contributed by atoms with van der Waals surface area (Å²) in [6.07, 6.45) is 0.104. The number of aromatic nitrogens is 4. The molecule has 11 nitrogen and oxygen atoms in total. The topological polar surface area (TPSA) is 141 Å². The van der Waals surface area contributed by atoms with E-state index in [4.69, 9.17) is 31.8 Å². The van der Waals surface area contributed by atoms with Crippen LogP contribution in [-0.2, 0) is 29.0 Å². The molecule has 0 bridgehead atoms. The van der Waals surface area contributed by atoms with Crippen molar-refractivity contribution in [3.05, 3.63) is 64.7 Å². The maximum atomic E-state index is 15.0. The number of hydrogen-bond donors (Lipinski definition) is 3. The number of carbonyl (C=O) groups is 1. The van der Waals surface area contributed by atoms with E-state index in [1.54, 1.807) is 35.1 Å².